The monoisotopic (exact) mass is 541 g/mol. The van der Waals surface area contributed by atoms with E-state index in [9.17, 15) is 9.90 Å². The van der Waals surface area contributed by atoms with Crippen molar-refractivity contribution >= 4 is 55.9 Å². The Morgan fingerprint density at radius 1 is 1.19 bits per heavy atom. The van der Waals surface area contributed by atoms with Crippen molar-refractivity contribution in [2.45, 2.75) is 56.4 Å². The van der Waals surface area contributed by atoms with Crippen molar-refractivity contribution in [1.29, 1.82) is 0 Å². The van der Waals surface area contributed by atoms with Crippen molar-refractivity contribution in [3.05, 3.63) is 63.3 Å². The summed E-state index contributed by atoms with van der Waals surface area (Å²) in [6.07, 6.45) is 4.21. The number of carboxylic acid groups (broad SMARTS) is 1. The van der Waals surface area contributed by atoms with Crippen molar-refractivity contribution in [2.24, 2.45) is 0 Å². The van der Waals surface area contributed by atoms with E-state index in [1.54, 1.807) is 30.3 Å². The number of rotatable bonds is 7. The van der Waals surface area contributed by atoms with Gasteiger partial charge in [-0.2, -0.15) is 0 Å². The molecule has 2 aromatic heterocycles. The number of carbonyl (C=O) groups is 1. The predicted octanol–water partition coefficient (Wildman–Crippen LogP) is 6.77. The van der Waals surface area contributed by atoms with Crippen LogP contribution in [0.25, 0.3) is 21.5 Å². The topological polar surface area (TPSA) is 88.7 Å². The number of hydrogen-bond acceptors (Lipinski definition) is 7. The summed E-state index contributed by atoms with van der Waals surface area (Å²) in [7, 11) is 0. The Balaban J connectivity index is 1.13. The van der Waals surface area contributed by atoms with Gasteiger partial charge in [-0.15, -0.1) is 0 Å². The van der Waals surface area contributed by atoms with Crippen LogP contribution in [0.4, 0.5) is 5.13 Å². The van der Waals surface area contributed by atoms with Crippen LogP contribution in [-0.2, 0) is 11.3 Å². The number of anilines is 1. The first kappa shape index (κ1) is 22.5. The van der Waals surface area contributed by atoms with Crippen LogP contribution in [0.15, 0.2) is 40.9 Å². The minimum absolute atomic E-state index is 0.0631. The van der Waals surface area contributed by atoms with Gasteiger partial charge in [-0.3, -0.25) is 0 Å². The zero-order valence-electron chi connectivity index (χ0n) is 19.0. The molecule has 36 heavy (non-hydrogen) atoms. The van der Waals surface area contributed by atoms with Crippen LogP contribution in [0.2, 0.25) is 10.0 Å². The molecule has 0 spiro atoms. The number of hydrogen-bond donors (Lipinski definition) is 1. The molecule has 1 N–H and O–H groups in total. The maximum Gasteiger partial charge on any atom is 0.335 e. The molecule has 0 amide bonds. The number of ether oxygens (including phenoxy) is 1. The van der Waals surface area contributed by atoms with Gasteiger partial charge in [0.2, 0.25) is 0 Å². The van der Waals surface area contributed by atoms with Gasteiger partial charge in [-0.1, -0.05) is 45.8 Å². The number of benzene rings is 2. The van der Waals surface area contributed by atoms with Gasteiger partial charge in [0.25, 0.3) is 0 Å². The highest BCUT2D eigenvalue weighted by Crippen LogP contribution is 2.49. The first-order chi connectivity index (χ1) is 17.5. The first-order valence-corrected chi connectivity index (χ1v) is 13.5. The second-order valence-corrected chi connectivity index (χ2v) is 11.5. The van der Waals surface area contributed by atoms with E-state index in [1.165, 1.54) is 11.3 Å². The predicted molar refractivity (Wildman–Crippen MR) is 138 cm³/mol. The number of halogens is 2. The molecule has 2 aromatic carbocycles. The third-order valence-electron chi connectivity index (χ3n) is 7.45. The van der Waals surface area contributed by atoms with Crippen molar-refractivity contribution < 1.29 is 19.2 Å². The molecule has 4 aromatic rings. The van der Waals surface area contributed by atoms with Crippen LogP contribution in [-0.4, -0.2) is 39.4 Å². The molecule has 184 valence electrons. The molecule has 3 atom stereocenters. The molecular formula is C26H21Cl2N3O4S. The van der Waals surface area contributed by atoms with Gasteiger partial charge in [0.05, 0.1) is 44.6 Å². The molecule has 4 fully saturated rings. The van der Waals surface area contributed by atoms with Crippen LogP contribution in [0.3, 0.4) is 0 Å². The van der Waals surface area contributed by atoms with E-state index in [2.05, 4.69) is 10.1 Å². The Morgan fingerprint density at radius 2 is 2.00 bits per heavy atom. The minimum Gasteiger partial charge on any atom is -0.478 e. The minimum atomic E-state index is -0.930. The molecule has 8 rings (SSSR count). The Labute approximate surface area is 220 Å². The van der Waals surface area contributed by atoms with Crippen LogP contribution in [0.1, 0.15) is 53.3 Å². The van der Waals surface area contributed by atoms with Crippen molar-refractivity contribution in [1.82, 2.24) is 10.1 Å². The summed E-state index contributed by atoms with van der Waals surface area (Å²) in [5.74, 6) is 0.322. The summed E-state index contributed by atoms with van der Waals surface area (Å²) in [5, 5.41) is 15.7. The lowest BCUT2D eigenvalue weighted by Gasteiger charge is -2.41. The Morgan fingerprint density at radius 3 is 2.75 bits per heavy atom. The van der Waals surface area contributed by atoms with Crippen LogP contribution < -0.4 is 4.90 Å². The van der Waals surface area contributed by atoms with E-state index in [-0.39, 0.29) is 17.7 Å². The molecule has 0 radical (unpaired) electrons. The third-order valence-corrected chi connectivity index (χ3v) is 9.11. The molecule has 2 aliphatic carbocycles. The zero-order chi connectivity index (χ0) is 24.6. The maximum absolute atomic E-state index is 11.3. The number of aromatic carboxylic acids is 1. The average Bonchev–Trinajstić information content (AvgIpc) is 3.17. The van der Waals surface area contributed by atoms with Crippen LogP contribution in [0, 0.1) is 0 Å². The van der Waals surface area contributed by atoms with E-state index in [4.69, 9.17) is 37.4 Å². The number of thiazole rings is 1. The van der Waals surface area contributed by atoms with Crippen molar-refractivity contribution in [3.63, 3.8) is 0 Å². The standard InChI is InChI=1S/C26H21Cl2N3O4S/c27-16-2-1-3-17(28)22(16)23-15(24(35-30-23)12-4-5-12)11-34-20-10-14-9-19(20)31(14)26-29-18-7-6-13(25(32)33)8-21(18)36-26/h1-3,6-8,12,14,19-20H,4-5,9-11H2,(H,32,33)/t14?,19?,20-/m1/s1. The molecule has 7 nitrogen and oxygen atoms in total. The fourth-order valence-corrected chi connectivity index (χ4v) is 7.19. The number of carboxylic acids is 1. The lowest BCUT2D eigenvalue weighted by Crippen LogP contribution is -2.51. The Bertz CT molecular complexity index is 1490. The summed E-state index contributed by atoms with van der Waals surface area (Å²) in [6, 6.07) is 11.1. The second kappa shape index (κ2) is 8.45. The molecule has 2 saturated heterocycles. The number of nitrogens with zero attached hydrogens (tertiary/aromatic N) is 3. The van der Waals surface area contributed by atoms with Gasteiger partial charge < -0.3 is 19.3 Å². The summed E-state index contributed by atoms with van der Waals surface area (Å²) in [6.45, 7) is 0.385. The summed E-state index contributed by atoms with van der Waals surface area (Å²) in [4.78, 5) is 18.4. The highest BCUT2D eigenvalue weighted by molar-refractivity contribution is 7.22. The summed E-state index contributed by atoms with van der Waals surface area (Å²) in [5.41, 5.74) is 3.38. The summed E-state index contributed by atoms with van der Waals surface area (Å²) >= 11 is 14.5. The molecule has 4 heterocycles. The van der Waals surface area contributed by atoms with Gasteiger partial charge in [-0.05, 0) is 56.0 Å². The normalized spacial score (nSPS) is 22.8. The highest BCUT2D eigenvalue weighted by Gasteiger charge is 2.53. The van der Waals surface area contributed by atoms with E-state index in [0.29, 0.717) is 39.9 Å². The maximum atomic E-state index is 11.3. The van der Waals surface area contributed by atoms with E-state index >= 15 is 0 Å². The highest BCUT2D eigenvalue weighted by atomic mass is 35.5. The fraction of sp³-hybridized carbons (Fsp3) is 0.346. The fourth-order valence-electron chi connectivity index (χ4n) is 5.48. The number of aromatic nitrogens is 2. The van der Waals surface area contributed by atoms with Crippen LogP contribution in [0.5, 0.6) is 0 Å². The molecule has 10 heteroatoms. The van der Waals surface area contributed by atoms with Crippen molar-refractivity contribution in [3.8, 4) is 11.3 Å². The summed E-state index contributed by atoms with van der Waals surface area (Å²) < 4.78 is 13.2. The molecular weight excluding hydrogens is 521 g/mol. The van der Waals surface area contributed by atoms with Crippen LogP contribution >= 0.6 is 34.5 Å². The Kier molecular flexibility index (Phi) is 5.29. The second-order valence-electron chi connectivity index (χ2n) is 9.68. The van der Waals surface area contributed by atoms with Crippen molar-refractivity contribution in [2.75, 3.05) is 4.90 Å². The largest absolute Gasteiger partial charge is 0.478 e. The lowest BCUT2D eigenvalue weighted by atomic mass is 10.0. The zero-order valence-corrected chi connectivity index (χ0v) is 21.3. The van der Waals surface area contributed by atoms with E-state index in [0.717, 1.165) is 52.4 Å². The third kappa shape index (κ3) is 3.62. The molecule has 4 aliphatic rings. The smallest absolute Gasteiger partial charge is 0.335 e. The van der Waals surface area contributed by atoms with Gasteiger partial charge in [0.1, 0.15) is 11.5 Å². The number of fused-ring (bicyclic) bond motifs is 2. The quantitative estimate of drug-likeness (QED) is 0.276. The molecule has 2 bridgehead atoms. The lowest BCUT2D eigenvalue weighted by molar-refractivity contribution is 0.0419. The van der Waals surface area contributed by atoms with Gasteiger partial charge in [0, 0.05) is 23.1 Å². The molecule has 2 unspecified atom stereocenters. The molecule has 2 saturated carbocycles. The van der Waals surface area contributed by atoms with E-state index < -0.39 is 5.97 Å². The SMILES string of the molecule is O=C(O)c1ccc2nc(N3C4CC3[C@H](OCc3c(-c5c(Cl)cccc5Cl)noc3C3CC3)C4)sc2c1. The van der Waals surface area contributed by atoms with E-state index in [1.807, 2.05) is 6.07 Å². The van der Waals surface area contributed by atoms with Gasteiger partial charge in [0.15, 0.2) is 5.13 Å². The molecule has 2 aliphatic heterocycles. The van der Waals surface area contributed by atoms with Gasteiger partial charge in [-0.25, -0.2) is 9.78 Å². The Hall–Kier alpha value is -2.65. The van der Waals surface area contributed by atoms with Gasteiger partial charge >= 0.3 is 5.97 Å². The average molecular weight is 542 g/mol. The first-order valence-electron chi connectivity index (χ1n) is 11.9.